The van der Waals surface area contributed by atoms with Gasteiger partial charge >= 0.3 is 18.2 Å². The van der Waals surface area contributed by atoms with E-state index in [1.54, 1.807) is 48.2 Å². The number of halogens is 3. The van der Waals surface area contributed by atoms with Crippen LogP contribution in [0.25, 0.3) is 0 Å². The smallest absolute Gasteiger partial charge is 0.416 e. The lowest BCUT2D eigenvalue weighted by molar-refractivity contribution is -0.137. The van der Waals surface area contributed by atoms with Crippen molar-refractivity contribution in [1.82, 2.24) is 9.80 Å². The van der Waals surface area contributed by atoms with E-state index in [1.807, 2.05) is 20.9 Å². The number of alkyl halides is 3. The van der Waals surface area contributed by atoms with Gasteiger partial charge < -0.3 is 35.2 Å². The molecule has 0 unspecified atom stereocenters. The van der Waals surface area contributed by atoms with E-state index in [2.05, 4.69) is 15.5 Å². The third-order valence-corrected chi connectivity index (χ3v) is 8.92. The van der Waals surface area contributed by atoms with Crippen LogP contribution in [0.1, 0.15) is 71.9 Å². The molecule has 0 fully saturated rings. The lowest BCUT2D eigenvalue weighted by Crippen LogP contribution is -2.47. The monoisotopic (exact) mass is 728 g/mol. The molecule has 0 bridgehead atoms. The van der Waals surface area contributed by atoms with Crippen LogP contribution in [-0.4, -0.2) is 89.5 Å². The molecule has 52 heavy (non-hydrogen) atoms. The van der Waals surface area contributed by atoms with Crippen LogP contribution in [0.3, 0.4) is 0 Å². The summed E-state index contributed by atoms with van der Waals surface area (Å²) in [7, 11) is 1.95. The molecule has 4 N–H and O–H groups in total. The Bertz CT molecular complexity index is 1650. The molecular formula is C38H47F3N4O7. The maximum atomic E-state index is 14.4. The van der Waals surface area contributed by atoms with Gasteiger partial charge in [0.15, 0.2) is 0 Å². The quantitative estimate of drug-likeness (QED) is 0.185. The summed E-state index contributed by atoms with van der Waals surface area (Å²) in [5.74, 6) is -1.29. The van der Waals surface area contributed by atoms with Crippen molar-refractivity contribution in [2.45, 2.75) is 71.0 Å². The van der Waals surface area contributed by atoms with Crippen molar-refractivity contribution in [1.29, 1.82) is 0 Å². The molecule has 1 aliphatic heterocycles. The van der Waals surface area contributed by atoms with E-state index < -0.39 is 35.7 Å². The number of carboxylic acids is 1. The van der Waals surface area contributed by atoms with Crippen LogP contribution < -0.4 is 15.4 Å². The number of amides is 3. The molecule has 11 nitrogen and oxygen atoms in total. The fourth-order valence-corrected chi connectivity index (χ4v) is 5.94. The Balaban J connectivity index is 1.55. The molecule has 0 aliphatic carbocycles. The number of hydrogen-bond acceptors (Lipinski definition) is 7. The number of aromatic carboxylic acids is 1. The van der Waals surface area contributed by atoms with Gasteiger partial charge in [0.2, 0.25) is 0 Å². The Morgan fingerprint density at radius 2 is 1.65 bits per heavy atom. The molecule has 1 aliphatic rings. The third kappa shape index (κ3) is 11.4. The topological polar surface area (TPSA) is 141 Å². The Morgan fingerprint density at radius 1 is 1.00 bits per heavy atom. The van der Waals surface area contributed by atoms with Crippen LogP contribution in [0.2, 0.25) is 0 Å². The number of aliphatic hydroxyl groups is 1. The zero-order chi connectivity index (χ0) is 38.0. The highest BCUT2D eigenvalue weighted by Gasteiger charge is 2.31. The number of nitrogens with zero attached hydrogens (tertiary/aromatic N) is 2. The third-order valence-electron chi connectivity index (χ3n) is 8.92. The fourth-order valence-electron chi connectivity index (χ4n) is 5.94. The van der Waals surface area contributed by atoms with E-state index in [1.165, 1.54) is 6.07 Å². The Kier molecular flexibility index (Phi) is 14.0. The van der Waals surface area contributed by atoms with Gasteiger partial charge in [-0.05, 0) is 100 Å². The van der Waals surface area contributed by atoms with E-state index in [0.717, 1.165) is 42.7 Å². The molecule has 3 amide bonds. The Morgan fingerprint density at radius 3 is 2.29 bits per heavy atom. The molecule has 282 valence electrons. The number of carbonyl (C=O) groups is 3. The van der Waals surface area contributed by atoms with Crippen LogP contribution in [0.15, 0.2) is 66.7 Å². The summed E-state index contributed by atoms with van der Waals surface area (Å²) < 4.78 is 51.5. The van der Waals surface area contributed by atoms with Crippen molar-refractivity contribution in [3.05, 3.63) is 89.0 Å². The first-order valence-electron chi connectivity index (χ1n) is 17.2. The van der Waals surface area contributed by atoms with Crippen molar-refractivity contribution < 1.29 is 47.2 Å². The lowest BCUT2D eigenvalue weighted by Gasteiger charge is -2.36. The average Bonchev–Trinajstić information content (AvgIpc) is 3.09. The largest absolute Gasteiger partial charge is 0.490 e. The van der Waals surface area contributed by atoms with Crippen molar-refractivity contribution >= 4 is 29.3 Å². The average molecular weight is 729 g/mol. The minimum absolute atomic E-state index is 0.146. The molecule has 0 saturated carbocycles. The number of ether oxygens (including phenoxy) is 2. The minimum Gasteiger partial charge on any atom is -0.490 e. The minimum atomic E-state index is -4.51. The number of nitrogens with one attached hydrogen (secondary N) is 2. The van der Waals surface area contributed by atoms with Gasteiger partial charge in [0.1, 0.15) is 5.75 Å². The molecule has 0 aromatic heterocycles. The second-order valence-electron chi connectivity index (χ2n) is 13.4. The summed E-state index contributed by atoms with van der Waals surface area (Å²) in [6, 6.07) is 14.1. The zero-order valence-corrected chi connectivity index (χ0v) is 29.8. The zero-order valence-electron chi connectivity index (χ0n) is 29.8. The first-order chi connectivity index (χ1) is 24.6. The molecule has 4 rings (SSSR count). The van der Waals surface area contributed by atoms with Crippen molar-refractivity contribution in [3.63, 3.8) is 0 Å². The van der Waals surface area contributed by atoms with E-state index in [-0.39, 0.29) is 53.8 Å². The highest BCUT2D eigenvalue weighted by atomic mass is 19.4. The molecule has 14 heteroatoms. The molecule has 3 aromatic carbocycles. The Hall–Kier alpha value is -4.66. The van der Waals surface area contributed by atoms with Crippen LogP contribution in [0.5, 0.6) is 5.75 Å². The van der Waals surface area contributed by atoms with Crippen LogP contribution in [0, 0.1) is 5.92 Å². The fraction of sp³-hybridized carbons (Fsp3) is 0.447. The van der Waals surface area contributed by atoms with Crippen molar-refractivity contribution in [3.8, 4) is 5.75 Å². The number of carbonyl (C=O) groups excluding carboxylic acids is 2. The second-order valence-corrected chi connectivity index (χ2v) is 13.4. The molecule has 0 saturated heterocycles. The summed E-state index contributed by atoms with van der Waals surface area (Å²) in [6.45, 7) is 7.12. The molecular weight excluding hydrogens is 681 g/mol. The predicted molar refractivity (Wildman–Crippen MR) is 191 cm³/mol. The highest BCUT2D eigenvalue weighted by molar-refractivity contribution is 6.02. The van der Waals surface area contributed by atoms with Gasteiger partial charge in [-0.1, -0.05) is 19.1 Å². The number of anilines is 2. The van der Waals surface area contributed by atoms with Gasteiger partial charge in [0.05, 0.1) is 41.5 Å². The van der Waals surface area contributed by atoms with Crippen LogP contribution in [-0.2, 0) is 17.5 Å². The second kappa shape index (κ2) is 18.2. The maximum absolute atomic E-state index is 14.4. The van der Waals surface area contributed by atoms with Gasteiger partial charge in [0.25, 0.3) is 5.91 Å². The molecule has 1 heterocycles. The normalized spacial score (nSPS) is 19.6. The number of aliphatic hydroxyl groups excluding tert-OH is 1. The Labute approximate surface area is 301 Å². The van der Waals surface area contributed by atoms with Gasteiger partial charge in [-0.3, -0.25) is 9.69 Å². The van der Waals surface area contributed by atoms with E-state index in [4.69, 9.17) is 9.47 Å². The number of rotatable bonds is 9. The summed E-state index contributed by atoms with van der Waals surface area (Å²) in [5, 5.41) is 24.6. The van der Waals surface area contributed by atoms with Gasteiger partial charge in [0, 0.05) is 43.5 Å². The first-order valence-corrected chi connectivity index (χ1v) is 17.2. The van der Waals surface area contributed by atoms with Gasteiger partial charge in [-0.15, -0.1) is 0 Å². The van der Waals surface area contributed by atoms with Crippen molar-refractivity contribution in [2.75, 3.05) is 44.0 Å². The van der Waals surface area contributed by atoms with Gasteiger partial charge in [-0.2, -0.15) is 13.2 Å². The van der Waals surface area contributed by atoms with E-state index in [0.29, 0.717) is 31.9 Å². The van der Waals surface area contributed by atoms with E-state index in [9.17, 15) is 37.8 Å². The molecule has 3 aromatic rings. The highest BCUT2D eigenvalue weighted by Crippen LogP contribution is 2.31. The van der Waals surface area contributed by atoms with E-state index >= 15 is 0 Å². The number of benzene rings is 3. The standard InChI is InChI=1S/C38H47F3N4O7/c1-24-20-45(25(2)23-46)35(47)32-19-31(43-37(50)42-30-14-12-29(13-15-30)38(39,40)41)16-17-33(32)52-26(3)7-5-6-18-51-34(24)22-44(4)21-27-8-10-28(11-9-27)36(48)49/h8-17,19,24-26,34,46H,5-7,18,20-23H2,1-4H3,(H,48,49)(H2,42,43,50)/t24-,25-,26+,34-/m1/s1. The van der Waals surface area contributed by atoms with Crippen LogP contribution >= 0.6 is 0 Å². The predicted octanol–water partition coefficient (Wildman–Crippen LogP) is 6.98. The summed E-state index contributed by atoms with van der Waals surface area (Å²) in [5.41, 5.74) is 0.869. The first kappa shape index (κ1) is 40.1. The number of urea groups is 1. The SMILES string of the molecule is C[C@@H]1CN([C@H](C)CO)C(=O)c2cc(NC(=O)Nc3ccc(C(F)(F)F)cc3)ccc2O[C@@H](C)CCCCO[C@@H]1CN(C)Cc1ccc(C(=O)O)cc1. The molecule has 0 spiro atoms. The number of hydrogen-bond donors (Lipinski definition) is 4. The number of carboxylic acid groups (broad SMARTS) is 1. The number of fused-ring (bicyclic) bond motifs is 1. The summed E-state index contributed by atoms with van der Waals surface area (Å²) in [4.78, 5) is 42.1. The van der Waals surface area contributed by atoms with Crippen molar-refractivity contribution in [2.24, 2.45) is 5.92 Å². The summed E-state index contributed by atoms with van der Waals surface area (Å²) in [6.07, 6.45) is -2.76. The lowest BCUT2D eigenvalue weighted by atomic mass is 10.0. The summed E-state index contributed by atoms with van der Waals surface area (Å²) >= 11 is 0. The van der Waals surface area contributed by atoms with Crippen LogP contribution in [0.4, 0.5) is 29.3 Å². The maximum Gasteiger partial charge on any atom is 0.416 e. The molecule has 0 radical (unpaired) electrons. The number of likely N-dealkylation sites (N-methyl/N-ethyl adjacent to an activating group) is 1. The van der Waals surface area contributed by atoms with Gasteiger partial charge in [-0.25, -0.2) is 9.59 Å². The molecule has 4 atom stereocenters.